The molecule has 0 saturated carbocycles. The highest BCUT2D eigenvalue weighted by Crippen LogP contribution is 2.16. The Kier molecular flexibility index (Phi) is 5.72. The molecule has 1 fully saturated rings. The van der Waals surface area contributed by atoms with Gasteiger partial charge in [-0.2, -0.15) is 17.7 Å². The van der Waals surface area contributed by atoms with Crippen LogP contribution in [0.4, 0.5) is 5.69 Å². The summed E-state index contributed by atoms with van der Waals surface area (Å²) in [5.74, 6) is 0.691. The summed E-state index contributed by atoms with van der Waals surface area (Å²) >= 11 is 4.06. The molecule has 1 aromatic heterocycles. The molecule has 5 nitrogen and oxygen atoms in total. The van der Waals surface area contributed by atoms with Gasteiger partial charge in [0.25, 0.3) is 5.56 Å². The van der Waals surface area contributed by atoms with E-state index in [1.54, 1.807) is 12.3 Å². The standard InChI is InChI=1S/C13H21N3O2S/c17-13-10-12(15-4-2-1-3-5-15)11-14-16(13)6-7-18-8-9-19/h10-11,19H,1-9H2. The number of thiol groups is 1. The number of rotatable bonds is 6. The Labute approximate surface area is 119 Å². The first-order valence-electron chi connectivity index (χ1n) is 6.82. The van der Waals surface area contributed by atoms with Gasteiger partial charge in [0.05, 0.1) is 31.6 Å². The summed E-state index contributed by atoms with van der Waals surface area (Å²) in [5, 5.41) is 4.21. The third-order valence-corrected chi connectivity index (χ3v) is 3.44. The van der Waals surface area contributed by atoms with Gasteiger partial charge in [0.2, 0.25) is 0 Å². The Balaban J connectivity index is 1.94. The van der Waals surface area contributed by atoms with Crippen molar-refractivity contribution in [3.63, 3.8) is 0 Å². The van der Waals surface area contributed by atoms with Crippen molar-refractivity contribution in [1.82, 2.24) is 9.78 Å². The number of ether oxygens (including phenoxy) is 1. The third-order valence-electron chi connectivity index (χ3n) is 3.26. The Morgan fingerprint density at radius 2 is 2.05 bits per heavy atom. The van der Waals surface area contributed by atoms with Gasteiger partial charge in [0.15, 0.2) is 0 Å². The van der Waals surface area contributed by atoms with Crippen LogP contribution in [0.2, 0.25) is 0 Å². The van der Waals surface area contributed by atoms with Crippen LogP contribution in [0.15, 0.2) is 17.1 Å². The Morgan fingerprint density at radius 3 is 2.74 bits per heavy atom. The highest BCUT2D eigenvalue weighted by molar-refractivity contribution is 7.80. The maximum absolute atomic E-state index is 11.9. The van der Waals surface area contributed by atoms with Gasteiger partial charge < -0.3 is 9.64 Å². The van der Waals surface area contributed by atoms with Gasteiger partial charge in [-0.05, 0) is 19.3 Å². The van der Waals surface area contributed by atoms with Crippen molar-refractivity contribution in [1.29, 1.82) is 0 Å². The minimum atomic E-state index is -0.0578. The lowest BCUT2D eigenvalue weighted by molar-refractivity contribution is 0.137. The molecule has 19 heavy (non-hydrogen) atoms. The summed E-state index contributed by atoms with van der Waals surface area (Å²) in [5.41, 5.74) is 0.884. The van der Waals surface area contributed by atoms with Crippen LogP contribution in [0.1, 0.15) is 19.3 Å². The van der Waals surface area contributed by atoms with Crippen LogP contribution >= 0.6 is 12.6 Å². The molecular formula is C13H21N3O2S. The van der Waals surface area contributed by atoms with Crippen LogP contribution in [-0.4, -0.2) is 41.8 Å². The molecule has 106 valence electrons. The van der Waals surface area contributed by atoms with Gasteiger partial charge in [-0.15, -0.1) is 0 Å². The highest BCUT2D eigenvalue weighted by Gasteiger charge is 2.12. The molecule has 0 spiro atoms. The first-order chi connectivity index (χ1) is 9.31. The number of hydrogen-bond acceptors (Lipinski definition) is 5. The molecule has 1 aliphatic heterocycles. The summed E-state index contributed by atoms with van der Waals surface area (Å²) in [6.07, 6.45) is 5.45. The van der Waals surface area contributed by atoms with E-state index in [1.807, 2.05) is 0 Å². The van der Waals surface area contributed by atoms with E-state index < -0.39 is 0 Å². The average Bonchev–Trinajstić information content (AvgIpc) is 2.46. The molecule has 0 aliphatic carbocycles. The average molecular weight is 283 g/mol. The lowest BCUT2D eigenvalue weighted by Crippen LogP contribution is -2.32. The lowest BCUT2D eigenvalue weighted by Gasteiger charge is -2.28. The maximum atomic E-state index is 11.9. The van der Waals surface area contributed by atoms with E-state index in [-0.39, 0.29) is 5.56 Å². The van der Waals surface area contributed by atoms with Gasteiger partial charge in [-0.3, -0.25) is 4.79 Å². The Bertz CT molecular complexity index is 444. The van der Waals surface area contributed by atoms with E-state index in [0.29, 0.717) is 25.5 Å². The van der Waals surface area contributed by atoms with E-state index in [4.69, 9.17) is 4.74 Å². The Hall–Kier alpha value is -1.01. The van der Waals surface area contributed by atoms with E-state index >= 15 is 0 Å². The van der Waals surface area contributed by atoms with Gasteiger partial charge in [-0.1, -0.05) is 0 Å². The minimum Gasteiger partial charge on any atom is -0.379 e. The summed E-state index contributed by atoms with van der Waals surface area (Å²) in [6.45, 7) is 3.64. The summed E-state index contributed by atoms with van der Waals surface area (Å²) in [7, 11) is 0. The van der Waals surface area contributed by atoms with Crippen LogP contribution in [0.3, 0.4) is 0 Å². The molecule has 0 radical (unpaired) electrons. The van der Waals surface area contributed by atoms with Crippen molar-refractivity contribution in [2.45, 2.75) is 25.8 Å². The number of hydrogen-bond donors (Lipinski definition) is 1. The third kappa shape index (κ3) is 4.24. The van der Waals surface area contributed by atoms with Crippen molar-refractivity contribution < 1.29 is 4.74 Å². The largest absolute Gasteiger partial charge is 0.379 e. The number of anilines is 1. The highest BCUT2D eigenvalue weighted by atomic mass is 32.1. The molecule has 1 aliphatic rings. The zero-order valence-electron chi connectivity index (χ0n) is 11.1. The first kappa shape index (κ1) is 14.4. The number of piperidine rings is 1. The first-order valence-corrected chi connectivity index (χ1v) is 7.45. The van der Waals surface area contributed by atoms with E-state index in [2.05, 4.69) is 22.6 Å². The smallest absolute Gasteiger partial charge is 0.268 e. The van der Waals surface area contributed by atoms with Gasteiger partial charge >= 0.3 is 0 Å². The van der Waals surface area contributed by atoms with Crippen LogP contribution in [0.25, 0.3) is 0 Å². The van der Waals surface area contributed by atoms with Crippen LogP contribution in [0, 0.1) is 0 Å². The molecular weight excluding hydrogens is 262 g/mol. The van der Waals surface area contributed by atoms with Crippen LogP contribution in [0.5, 0.6) is 0 Å². The molecule has 0 unspecified atom stereocenters. The topological polar surface area (TPSA) is 47.4 Å². The molecule has 0 N–H and O–H groups in total. The predicted molar refractivity (Wildman–Crippen MR) is 79.2 cm³/mol. The fourth-order valence-electron chi connectivity index (χ4n) is 2.23. The van der Waals surface area contributed by atoms with Crippen molar-refractivity contribution in [2.75, 3.05) is 37.0 Å². The maximum Gasteiger partial charge on any atom is 0.268 e. The molecule has 2 rings (SSSR count). The summed E-state index contributed by atoms with van der Waals surface area (Å²) < 4.78 is 6.75. The minimum absolute atomic E-state index is 0.0578. The van der Waals surface area contributed by atoms with E-state index in [9.17, 15) is 4.79 Å². The van der Waals surface area contributed by atoms with Crippen molar-refractivity contribution in [3.05, 3.63) is 22.6 Å². The van der Waals surface area contributed by atoms with Crippen molar-refractivity contribution >= 4 is 18.3 Å². The van der Waals surface area contributed by atoms with Gasteiger partial charge in [-0.25, -0.2) is 4.68 Å². The predicted octanol–water partition coefficient (Wildman–Crippen LogP) is 1.18. The SMILES string of the molecule is O=c1cc(N2CCCCC2)cnn1CCOCCS. The van der Waals surface area contributed by atoms with E-state index in [1.165, 1.54) is 23.9 Å². The number of aromatic nitrogens is 2. The second-order valence-electron chi connectivity index (χ2n) is 4.66. The Morgan fingerprint density at radius 1 is 1.26 bits per heavy atom. The summed E-state index contributed by atoms with van der Waals surface area (Å²) in [4.78, 5) is 14.2. The van der Waals surface area contributed by atoms with E-state index in [0.717, 1.165) is 18.8 Å². The van der Waals surface area contributed by atoms with Crippen molar-refractivity contribution in [3.8, 4) is 0 Å². The van der Waals surface area contributed by atoms with Crippen LogP contribution in [-0.2, 0) is 11.3 Å². The second-order valence-corrected chi connectivity index (χ2v) is 5.11. The molecule has 2 heterocycles. The molecule has 1 saturated heterocycles. The number of nitrogens with zero attached hydrogens (tertiary/aromatic N) is 3. The molecule has 6 heteroatoms. The fourth-order valence-corrected chi connectivity index (χ4v) is 2.36. The lowest BCUT2D eigenvalue weighted by atomic mass is 10.1. The van der Waals surface area contributed by atoms with Gasteiger partial charge in [0.1, 0.15) is 0 Å². The van der Waals surface area contributed by atoms with Crippen molar-refractivity contribution in [2.24, 2.45) is 0 Å². The molecule has 0 atom stereocenters. The zero-order chi connectivity index (χ0) is 13.5. The van der Waals surface area contributed by atoms with Crippen LogP contribution < -0.4 is 10.5 Å². The quantitative estimate of drug-likeness (QED) is 0.629. The second kappa shape index (κ2) is 7.55. The molecule has 0 aromatic carbocycles. The monoisotopic (exact) mass is 283 g/mol. The summed E-state index contributed by atoms with van der Waals surface area (Å²) in [6, 6.07) is 1.68. The molecule has 1 aromatic rings. The zero-order valence-corrected chi connectivity index (χ0v) is 12.0. The molecule has 0 bridgehead atoms. The molecule has 0 amide bonds. The van der Waals surface area contributed by atoms with Gasteiger partial charge in [0, 0.05) is 24.9 Å². The normalized spacial score (nSPS) is 15.7. The fraction of sp³-hybridized carbons (Fsp3) is 0.692.